The molecule has 3 aromatic rings. The van der Waals surface area contributed by atoms with Crippen molar-refractivity contribution in [1.29, 1.82) is 0 Å². The highest BCUT2D eigenvalue weighted by molar-refractivity contribution is 7.92. The second-order valence-electron chi connectivity index (χ2n) is 5.67. The predicted octanol–water partition coefficient (Wildman–Crippen LogP) is 3.40. The molecule has 0 atom stereocenters. The molecule has 2 heterocycles. The highest BCUT2D eigenvalue weighted by Crippen LogP contribution is 2.27. The van der Waals surface area contributed by atoms with Crippen LogP contribution in [0.2, 0.25) is 0 Å². The molecule has 0 aliphatic rings. The molecular formula is C16H16FN3O5S. The zero-order valence-electron chi connectivity index (χ0n) is 14.2. The Morgan fingerprint density at radius 2 is 1.92 bits per heavy atom. The molecule has 10 heteroatoms. The third-order valence-corrected chi connectivity index (χ3v) is 4.65. The lowest BCUT2D eigenvalue weighted by atomic mass is 10.2. The van der Waals surface area contributed by atoms with Crippen molar-refractivity contribution in [2.24, 2.45) is 0 Å². The molecule has 0 amide bonds. The third-order valence-electron chi connectivity index (χ3n) is 3.40. The van der Waals surface area contributed by atoms with E-state index in [2.05, 4.69) is 14.9 Å². The van der Waals surface area contributed by atoms with Gasteiger partial charge >= 0.3 is 0 Å². The van der Waals surface area contributed by atoms with E-state index >= 15 is 0 Å². The van der Waals surface area contributed by atoms with E-state index in [0.29, 0.717) is 5.89 Å². The number of methoxy groups -OCH3 is 1. The van der Waals surface area contributed by atoms with Crippen molar-refractivity contribution in [3.8, 4) is 17.4 Å². The lowest BCUT2D eigenvalue weighted by Crippen LogP contribution is -2.12. The van der Waals surface area contributed by atoms with Gasteiger partial charge in [-0.1, -0.05) is 13.8 Å². The van der Waals surface area contributed by atoms with Crippen LogP contribution < -0.4 is 9.46 Å². The Hall–Kier alpha value is -2.88. The molecule has 3 rings (SSSR count). The van der Waals surface area contributed by atoms with Gasteiger partial charge in [0.2, 0.25) is 11.0 Å². The molecule has 0 aliphatic heterocycles. The number of ether oxygens (including phenoxy) is 1. The monoisotopic (exact) mass is 381 g/mol. The second kappa shape index (κ2) is 6.79. The van der Waals surface area contributed by atoms with Crippen molar-refractivity contribution in [1.82, 2.24) is 10.2 Å². The maximum Gasteiger partial charge on any atom is 0.295 e. The Bertz CT molecular complexity index is 1030. The van der Waals surface area contributed by atoms with Crippen LogP contribution in [0.3, 0.4) is 0 Å². The topological polar surface area (TPSA) is 107 Å². The van der Waals surface area contributed by atoms with Gasteiger partial charge in [0.25, 0.3) is 15.9 Å². The molecule has 138 valence electrons. The minimum atomic E-state index is -4.06. The molecule has 0 spiro atoms. The minimum Gasteiger partial charge on any atom is -0.494 e. The standard InChI is InChI=1S/C16H16FN3O5S/c1-9(2)15-18-19-16(25-15)13-6-7-14(24-13)26(21,22)20-10-4-5-12(23-3)11(17)8-10/h4-9,20H,1-3H3. The number of rotatable bonds is 6. The summed E-state index contributed by atoms with van der Waals surface area (Å²) in [4.78, 5) is 0. The first-order valence-corrected chi connectivity index (χ1v) is 9.08. The van der Waals surface area contributed by atoms with Gasteiger partial charge in [-0.25, -0.2) is 4.39 Å². The molecule has 26 heavy (non-hydrogen) atoms. The van der Waals surface area contributed by atoms with Crippen LogP contribution in [0.15, 0.2) is 44.3 Å². The largest absolute Gasteiger partial charge is 0.494 e. The quantitative estimate of drug-likeness (QED) is 0.697. The molecule has 8 nitrogen and oxygen atoms in total. The summed E-state index contributed by atoms with van der Waals surface area (Å²) in [5.74, 6) is -0.0597. The van der Waals surface area contributed by atoms with Gasteiger partial charge < -0.3 is 13.6 Å². The van der Waals surface area contributed by atoms with Gasteiger partial charge in [0.1, 0.15) is 0 Å². The van der Waals surface area contributed by atoms with Crippen LogP contribution in [0.4, 0.5) is 10.1 Å². The molecule has 0 fully saturated rings. The predicted molar refractivity (Wildman–Crippen MR) is 89.8 cm³/mol. The molecule has 0 saturated carbocycles. The third kappa shape index (κ3) is 3.54. The first-order valence-electron chi connectivity index (χ1n) is 7.60. The number of hydrogen-bond acceptors (Lipinski definition) is 7. The highest BCUT2D eigenvalue weighted by Gasteiger charge is 2.22. The molecular weight excluding hydrogens is 365 g/mol. The maximum absolute atomic E-state index is 13.7. The van der Waals surface area contributed by atoms with Crippen LogP contribution >= 0.6 is 0 Å². The number of nitrogens with one attached hydrogen (secondary N) is 1. The summed E-state index contributed by atoms with van der Waals surface area (Å²) in [6, 6.07) is 6.34. The van der Waals surface area contributed by atoms with Crippen molar-refractivity contribution < 1.29 is 26.4 Å². The molecule has 0 saturated heterocycles. The first-order chi connectivity index (χ1) is 12.3. The summed E-state index contributed by atoms with van der Waals surface area (Å²) in [5, 5.41) is 7.32. The minimum absolute atomic E-state index is 0.00517. The average Bonchev–Trinajstić information content (AvgIpc) is 3.24. The summed E-state index contributed by atoms with van der Waals surface area (Å²) in [6.45, 7) is 3.76. The highest BCUT2D eigenvalue weighted by atomic mass is 32.2. The number of sulfonamides is 1. The van der Waals surface area contributed by atoms with Gasteiger partial charge in [-0.05, 0) is 24.3 Å². The van der Waals surface area contributed by atoms with Crippen LogP contribution in [0.5, 0.6) is 5.75 Å². The van der Waals surface area contributed by atoms with Crippen molar-refractivity contribution in [3.05, 3.63) is 42.0 Å². The van der Waals surface area contributed by atoms with Crippen molar-refractivity contribution >= 4 is 15.7 Å². The number of hydrogen-bond donors (Lipinski definition) is 1. The van der Waals surface area contributed by atoms with E-state index in [-0.39, 0.29) is 34.1 Å². The van der Waals surface area contributed by atoms with Gasteiger partial charge in [0, 0.05) is 12.0 Å². The molecule has 0 aliphatic carbocycles. The zero-order chi connectivity index (χ0) is 18.9. The number of nitrogens with zero attached hydrogens (tertiary/aromatic N) is 2. The van der Waals surface area contributed by atoms with Crippen LogP contribution in [-0.2, 0) is 10.0 Å². The number of anilines is 1. The van der Waals surface area contributed by atoms with Crippen molar-refractivity contribution in [3.63, 3.8) is 0 Å². The fourth-order valence-electron chi connectivity index (χ4n) is 2.08. The SMILES string of the molecule is COc1ccc(NS(=O)(=O)c2ccc(-c3nnc(C(C)C)o3)o2)cc1F. The number of aromatic nitrogens is 2. The smallest absolute Gasteiger partial charge is 0.295 e. The second-order valence-corrected chi connectivity index (χ2v) is 7.29. The van der Waals surface area contributed by atoms with Crippen LogP contribution in [0.25, 0.3) is 11.7 Å². The van der Waals surface area contributed by atoms with Gasteiger partial charge in [-0.2, -0.15) is 8.42 Å². The summed E-state index contributed by atoms with van der Waals surface area (Å²) in [5.41, 5.74) is 0.0288. The van der Waals surface area contributed by atoms with Crippen LogP contribution in [0, 0.1) is 5.82 Å². The Morgan fingerprint density at radius 1 is 1.15 bits per heavy atom. The van der Waals surface area contributed by atoms with Gasteiger partial charge in [-0.15, -0.1) is 10.2 Å². The Labute approximate surface area is 149 Å². The number of furan rings is 1. The van der Waals surface area contributed by atoms with Gasteiger partial charge in [0.15, 0.2) is 17.3 Å². The van der Waals surface area contributed by atoms with E-state index in [1.54, 1.807) is 0 Å². The van der Waals surface area contributed by atoms with E-state index in [0.717, 1.165) is 6.07 Å². The van der Waals surface area contributed by atoms with Gasteiger partial charge in [-0.3, -0.25) is 4.72 Å². The van der Waals surface area contributed by atoms with Crippen LogP contribution in [0.1, 0.15) is 25.7 Å². The lowest BCUT2D eigenvalue weighted by Gasteiger charge is -2.07. The molecule has 0 radical (unpaired) electrons. The summed E-state index contributed by atoms with van der Waals surface area (Å²) in [6.07, 6.45) is 0. The molecule has 1 N–H and O–H groups in total. The average molecular weight is 381 g/mol. The lowest BCUT2D eigenvalue weighted by molar-refractivity contribution is 0.386. The van der Waals surface area contributed by atoms with Gasteiger partial charge in [0.05, 0.1) is 12.8 Å². The first kappa shape index (κ1) is 17.9. The molecule has 0 bridgehead atoms. The summed E-state index contributed by atoms with van der Waals surface area (Å²) >= 11 is 0. The van der Waals surface area contributed by atoms with E-state index < -0.39 is 15.8 Å². The zero-order valence-corrected chi connectivity index (χ0v) is 15.0. The fourth-order valence-corrected chi connectivity index (χ4v) is 3.07. The number of benzene rings is 1. The maximum atomic E-state index is 13.7. The Morgan fingerprint density at radius 3 is 2.54 bits per heavy atom. The Balaban J connectivity index is 1.84. The summed E-state index contributed by atoms with van der Waals surface area (Å²) in [7, 11) is -2.75. The molecule has 2 aromatic heterocycles. The Kier molecular flexibility index (Phi) is 4.68. The van der Waals surface area contributed by atoms with Crippen molar-refractivity contribution in [2.75, 3.05) is 11.8 Å². The van der Waals surface area contributed by atoms with E-state index in [9.17, 15) is 12.8 Å². The van der Waals surface area contributed by atoms with E-state index in [1.807, 2.05) is 13.8 Å². The van der Waals surface area contributed by atoms with Crippen LogP contribution in [-0.4, -0.2) is 25.7 Å². The normalized spacial score (nSPS) is 11.7. The summed E-state index contributed by atoms with van der Waals surface area (Å²) < 4.78 is 56.3. The number of halogens is 1. The molecule has 0 unspecified atom stereocenters. The van der Waals surface area contributed by atoms with E-state index in [1.165, 1.54) is 31.4 Å². The van der Waals surface area contributed by atoms with E-state index in [4.69, 9.17) is 13.6 Å². The van der Waals surface area contributed by atoms with Crippen molar-refractivity contribution in [2.45, 2.75) is 24.9 Å². The molecule has 1 aromatic carbocycles. The fraction of sp³-hybridized carbons (Fsp3) is 0.250.